The molecule has 21 nitrogen and oxygen atoms in total. The van der Waals surface area contributed by atoms with E-state index >= 15 is 0 Å². The Morgan fingerprint density at radius 2 is 1.20 bits per heavy atom. The third-order valence-corrected chi connectivity index (χ3v) is 8.19. The lowest BCUT2D eigenvalue weighted by Gasteiger charge is -2.25. The highest BCUT2D eigenvalue weighted by Gasteiger charge is 2.39. The number of halogens is 6. The molecule has 3 aromatic carbocycles. The van der Waals surface area contributed by atoms with Gasteiger partial charge in [0.05, 0.1) is 4.92 Å². The van der Waals surface area contributed by atoms with Gasteiger partial charge in [-0.1, -0.05) is 42.5 Å². The number of hydrogen-bond acceptors (Lipinski definition) is 12. The van der Waals surface area contributed by atoms with E-state index in [4.69, 9.17) is 41.7 Å². The van der Waals surface area contributed by atoms with Crippen LogP contribution in [0.15, 0.2) is 83.9 Å². The quantitative estimate of drug-likeness (QED) is 0.0194. The molecular formula is C39H47F6N9O12. The Labute approximate surface area is 370 Å². The van der Waals surface area contributed by atoms with Crippen LogP contribution in [0.3, 0.4) is 0 Å². The van der Waals surface area contributed by atoms with Crippen molar-refractivity contribution in [2.24, 2.45) is 22.2 Å². The number of carbonyl (C=O) groups excluding carboxylic acids is 4. The zero-order chi connectivity index (χ0) is 50.0. The molecule has 0 aliphatic rings. The number of alkyl carbamates (subject to hydrolysis) is 1. The van der Waals surface area contributed by atoms with Crippen LogP contribution in [0.25, 0.3) is 0 Å². The molecule has 66 heavy (non-hydrogen) atoms. The number of anilines is 1. The molecule has 0 aliphatic heterocycles. The standard InChI is InChI=1S/C35H45N9O8.2C2HF3O2/c36-19-5-4-9-28(32(47)41-29(10-6-20-39-34(37)38)31(46)40-25-13-15-26(16-14-25)44(50)51)42-33(48)30(21-23-11-17-27(45)18-12-23)43-35(49)52-22-24-7-2-1-3-8-24;2*3-2(4,5)1(6)7/h1-3,7-8,11-18,28-30,45H,4-6,9-10,19-22,36H2,(H,40,46)(H,41,47)(H,42,48)(H,43,49)(H4,37,38,39);2*(H,6,7)/t28-,29-,30-;;/m0../s1. The molecule has 0 bridgehead atoms. The second kappa shape index (κ2) is 28.2. The van der Waals surface area contributed by atoms with Gasteiger partial charge in [-0.2, -0.15) is 26.3 Å². The number of amides is 4. The summed E-state index contributed by atoms with van der Waals surface area (Å²) in [5.74, 6) is -7.63. The van der Waals surface area contributed by atoms with Crippen molar-refractivity contribution in [1.29, 1.82) is 0 Å². The maximum Gasteiger partial charge on any atom is 0.490 e. The van der Waals surface area contributed by atoms with Gasteiger partial charge in [0, 0.05) is 30.8 Å². The highest BCUT2D eigenvalue weighted by molar-refractivity contribution is 5.99. The van der Waals surface area contributed by atoms with Crippen LogP contribution in [0.5, 0.6) is 5.75 Å². The number of carboxylic acid groups (broad SMARTS) is 2. The van der Waals surface area contributed by atoms with Crippen molar-refractivity contribution in [1.82, 2.24) is 16.0 Å². The van der Waals surface area contributed by atoms with Gasteiger partial charge in [0.15, 0.2) is 5.96 Å². The van der Waals surface area contributed by atoms with E-state index in [0.29, 0.717) is 31.4 Å². The number of nitrogens with two attached hydrogens (primary N) is 3. The molecule has 0 fully saturated rings. The van der Waals surface area contributed by atoms with Crippen LogP contribution >= 0.6 is 0 Å². The van der Waals surface area contributed by atoms with Gasteiger partial charge in [0.2, 0.25) is 17.7 Å². The molecule has 0 unspecified atom stereocenters. The van der Waals surface area contributed by atoms with Crippen molar-refractivity contribution in [2.45, 2.75) is 75.6 Å². The molecule has 3 rings (SSSR count). The summed E-state index contributed by atoms with van der Waals surface area (Å²) in [4.78, 5) is 86.0. The van der Waals surface area contributed by atoms with Crippen molar-refractivity contribution in [3.63, 3.8) is 0 Å². The average Bonchev–Trinajstić information content (AvgIpc) is 3.24. The van der Waals surface area contributed by atoms with E-state index in [1.807, 2.05) is 6.07 Å². The van der Waals surface area contributed by atoms with Crippen molar-refractivity contribution in [2.75, 3.05) is 18.4 Å². The average molecular weight is 948 g/mol. The van der Waals surface area contributed by atoms with E-state index in [1.54, 1.807) is 36.4 Å². The summed E-state index contributed by atoms with van der Waals surface area (Å²) in [5.41, 5.74) is 18.0. The van der Waals surface area contributed by atoms with Crippen molar-refractivity contribution < 1.29 is 80.1 Å². The number of nitro benzene ring substituents is 1. The fraction of sp³-hybridized carbons (Fsp3) is 0.359. The van der Waals surface area contributed by atoms with Gasteiger partial charge in [-0.3, -0.25) is 29.5 Å². The first kappa shape index (κ1) is 56.3. The SMILES string of the molecule is NCCCC[C@H](NC(=O)[C@H](Cc1ccc(O)cc1)NC(=O)OCc1ccccc1)C(=O)N[C@@H](CCCN=C(N)N)C(=O)Nc1ccc([N+](=O)[O-])cc1.O=C(O)C(F)(F)F.O=C(O)C(F)(F)F. The van der Waals surface area contributed by atoms with Crippen LogP contribution < -0.4 is 38.5 Å². The second-order valence-corrected chi connectivity index (χ2v) is 13.4. The van der Waals surface area contributed by atoms with Crippen LogP contribution in [0, 0.1) is 10.1 Å². The monoisotopic (exact) mass is 947 g/mol. The molecule has 0 radical (unpaired) electrons. The summed E-state index contributed by atoms with van der Waals surface area (Å²) in [6.07, 6.45) is -9.49. The lowest BCUT2D eigenvalue weighted by Crippen LogP contribution is -2.56. The second-order valence-electron chi connectivity index (χ2n) is 13.4. The van der Waals surface area contributed by atoms with Crippen LogP contribution in [-0.4, -0.2) is 106 Å². The minimum atomic E-state index is -5.08. The fourth-order valence-corrected chi connectivity index (χ4v) is 4.96. The van der Waals surface area contributed by atoms with Crippen LogP contribution in [0.1, 0.15) is 43.2 Å². The number of phenols is 1. The number of aliphatic carboxylic acids is 2. The van der Waals surface area contributed by atoms with Crippen molar-refractivity contribution in [3.8, 4) is 5.75 Å². The number of non-ortho nitro benzene ring substituents is 1. The van der Waals surface area contributed by atoms with Gasteiger partial charge in [0.1, 0.15) is 30.5 Å². The van der Waals surface area contributed by atoms with Crippen LogP contribution in [0.4, 0.5) is 42.5 Å². The molecule has 27 heteroatoms. The number of nitrogens with zero attached hydrogens (tertiary/aromatic N) is 2. The van der Waals surface area contributed by atoms with Crippen LogP contribution in [-0.2, 0) is 41.7 Å². The largest absolute Gasteiger partial charge is 0.508 e. The maximum atomic E-state index is 13.8. The Morgan fingerprint density at radius 1 is 0.697 bits per heavy atom. The predicted molar refractivity (Wildman–Crippen MR) is 221 cm³/mol. The normalized spacial score (nSPS) is 12.1. The van der Waals surface area contributed by atoms with E-state index in [-0.39, 0.29) is 55.5 Å². The molecule has 4 amide bonds. The fourth-order valence-electron chi connectivity index (χ4n) is 4.96. The molecule has 0 heterocycles. The summed E-state index contributed by atoms with van der Waals surface area (Å²) in [5, 5.41) is 45.7. The zero-order valence-electron chi connectivity index (χ0n) is 34.5. The number of ether oxygens (including phenoxy) is 1. The molecule has 362 valence electrons. The number of unbranched alkanes of at least 4 members (excludes halogenated alkanes) is 1. The molecule has 0 aliphatic carbocycles. The molecular weight excluding hydrogens is 900 g/mol. The lowest BCUT2D eigenvalue weighted by atomic mass is 10.0. The number of benzene rings is 3. The Hall–Kier alpha value is -7.71. The van der Waals surface area contributed by atoms with E-state index in [1.165, 1.54) is 36.4 Å². The number of phenolic OH excluding ortho intramolecular Hbond substituents is 1. The first-order valence-electron chi connectivity index (χ1n) is 19.1. The van der Waals surface area contributed by atoms with Crippen molar-refractivity contribution in [3.05, 3.63) is 100 Å². The number of carboxylic acids is 2. The minimum Gasteiger partial charge on any atom is -0.508 e. The molecule has 0 spiro atoms. The number of alkyl halides is 6. The van der Waals surface area contributed by atoms with Gasteiger partial charge in [-0.25, -0.2) is 14.4 Å². The number of carbonyl (C=O) groups is 6. The summed E-state index contributed by atoms with van der Waals surface area (Å²) in [6, 6.07) is 16.7. The number of aliphatic imine (C=N–C) groups is 1. The number of nitro groups is 1. The van der Waals surface area contributed by atoms with E-state index < -0.39 is 71.2 Å². The molecule has 0 saturated heterocycles. The zero-order valence-corrected chi connectivity index (χ0v) is 34.5. The number of nitrogens with one attached hydrogen (secondary N) is 4. The Balaban J connectivity index is 0.00000134. The summed E-state index contributed by atoms with van der Waals surface area (Å²) in [7, 11) is 0. The molecule has 3 atom stereocenters. The number of rotatable bonds is 20. The topological polar surface area (TPSA) is 354 Å². The third kappa shape index (κ3) is 23.7. The third-order valence-electron chi connectivity index (χ3n) is 8.19. The summed E-state index contributed by atoms with van der Waals surface area (Å²) < 4.78 is 68.8. The van der Waals surface area contributed by atoms with E-state index in [9.17, 15) is 60.7 Å². The van der Waals surface area contributed by atoms with Gasteiger partial charge in [0.25, 0.3) is 5.69 Å². The highest BCUT2D eigenvalue weighted by atomic mass is 19.4. The number of hydrogen-bond donors (Lipinski definition) is 10. The molecule has 13 N–H and O–H groups in total. The van der Waals surface area contributed by atoms with Gasteiger partial charge >= 0.3 is 30.4 Å². The molecule has 3 aromatic rings. The lowest BCUT2D eigenvalue weighted by molar-refractivity contribution is -0.384. The molecule has 0 aromatic heterocycles. The number of aromatic hydroxyl groups is 1. The minimum absolute atomic E-state index is 0.00521. The van der Waals surface area contributed by atoms with Crippen LogP contribution in [0.2, 0.25) is 0 Å². The summed E-state index contributed by atoms with van der Waals surface area (Å²) in [6.45, 7) is 0.462. The highest BCUT2D eigenvalue weighted by Crippen LogP contribution is 2.18. The predicted octanol–water partition coefficient (Wildman–Crippen LogP) is 3.20. The maximum absolute atomic E-state index is 13.8. The number of guanidine groups is 1. The Morgan fingerprint density at radius 3 is 1.68 bits per heavy atom. The van der Waals surface area contributed by atoms with E-state index in [0.717, 1.165) is 5.56 Å². The smallest absolute Gasteiger partial charge is 0.490 e. The van der Waals surface area contributed by atoms with Gasteiger partial charge < -0.3 is 58.5 Å². The molecule has 0 saturated carbocycles. The van der Waals surface area contributed by atoms with Gasteiger partial charge in [-0.15, -0.1) is 0 Å². The van der Waals surface area contributed by atoms with E-state index in [2.05, 4.69) is 26.3 Å². The first-order chi connectivity index (χ1) is 30.8. The Bertz CT molecular complexity index is 2050. The van der Waals surface area contributed by atoms with Gasteiger partial charge in [-0.05, 0) is 74.0 Å². The Kier molecular flexibility index (Phi) is 24.0. The first-order valence-corrected chi connectivity index (χ1v) is 19.1. The van der Waals surface area contributed by atoms with Crippen molar-refractivity contribution >= 4 is 53.1 Å². The summed E-state index contributed by atoms with van der Waals surface area (Å²) >= 11 is 0.